The lowest BCUT2D eigenvalue weighted by atomic mass is 10.7. The zero-order chi connectivity index (χ0) is 8.43. The smallest absolute Gasteiger partial charge is 0.210 e. The van der Waals surface area contributed by atoms with Crippen molar-refractivity contribution in [1.29, 1.82) is 0 Å². The fraction of sp³-hybridized carbons (Fsp3) is 0.571. The second-order valence-electron chi connectivity index (χ2n) is 2.30. The van der Waals surface area contributed by atoms with E-state index in [4.69, 9.17) is 12.2 Å². The molecule has 0 radical (unpaired) electrons. The lowest BCUT2D eigenvalue weighted by molar-refractivity contribution is 0.420. The molecule has 0 aliphatic heterocycles. The second-order valence-corrected chi connectivity index (χ2v) is 2.67. The number of aromatic nitrogens is 2. The Morgan fingerprint density at radius 1 is 1.45 bits per heavy atom. The van der Waals surface area contributed by atoms with Crippen LogP contribution in [0.3, 0.4) is 0 Å². The van der Waals surface area contributed by atoms with Crippen molar-refractivity contribution in [3.05, 3.63) is 11.0 Å². The quantitative estimate of drug-likeness (QED) is 0.689. The summed E-state index contributed by atoms with van der Waals surface area (Å²) < 4.78 is 4.22. The highest BCUT2D eigenvalue weighted by molar-refractivity contribution is 7.71. The molecule has 1 rings (SSSR count). The van der Waals surface area contributed by atoms with E-state index in [9.17, 15) is 5.11 Å². The van der Waals surface area contributed by atoms with E-state index in [-0.39, 0.29) is 5.88 Å². The first-order valence-corrected chi connectivity index (χ1v) is 4.10. The lowest BCUT2D eigenvalue weighted by Crippen LogP contribution is -1.97. The van der Waals surface area contributed by atoms with Gasteiger partial charge in [0.25, 0.3) is 0 Å². The molecular formula is C7H12N2OS. The molecule has 11 heavy (non-hydrogen) atoms. The zero-order valence-electron chi connectivity index (χ0n) is 6.74. The standard InChI is InChI=1S/C7H12N2OS/c1-3-8-5-6(10)9(4-2)7(8)11/h5,10H,3-4H2,1-2H3. The van der Waals surface area contributed by atoms with Crippen LogP contribution in [0, 0.1) is 4.77 Å². The third-order valence-electron chi connectivity index (χ3n) is 1.68. The Hall–Kier alpha value is -0.770. The molecule has 0 amide bonds. The Morgan fingerprint density at radius 3 is 2.36 bits per heavy atom. The van der Waals surface area contributed by atoms with Crippen molar-refractivity contribution in [3.63, 3.8) is 0 Å². The van der Waals surface area contributed by atoms with Gasteiger partial charge in [-0.2, -0.15) is 0 Å². The Labute approximate surface area is 70.9 Å². The van der Waals surface area contributed by atoms with Crippen molar-refractivity contribution in [2.75, 3.05) is 0 Å². The van der Waals surface area contributed by atoms with Gasteiger partial charge in [-0.05, 0) is 26.1 Å². The van der Waals surface area contributed by atoms with Gasteiger partial charge in [0, 0.05) is 13.1 Å². The fourth-order valence-electron chi connectivity index (χ4n) is 1.04. The van der Waals surface area contributed by atoms with Crippen molar-refractivity contribution in [2.24, 2.45) is 0 Å². The average molecular weight is 172 g/mol. The summed E-state index contributed by atoms with van der Waals surface area (Å²) in [5.74, 6) is 0.249. The lowest BCUT2D eigenvalue weighted by Gasteiger charge is -1.97. The maximum absolute atomic E-state index is 9.32. The highest BCUT2D eigenvalue weighted by Gasteiger charge is 2.02. The highest BCUT2D eigenvalue weighted by atomic mass is 32.1. The molecule has 1 N–H and O–H groups in total. The van der Waals surface area contributed by atoms with Crippen molar-refractivity contribution in [2.45, 2.75) is 26.9 Å². The number of nitrogens with zero attached hydrogens (tertiary/aromatic N) is 2. The number of aromatic hydroxyl groups is 1. The van der Waals surface area contributed by atoms with Gasteiger partial charge in [-0.3, -0.25) is 4.57 Å². The van der Waals surface area contributed by atoms with Crippen LogP contribution in [0.1, 0.15) is 13.8 Å². The summed E-state index contributed by atoms with van der Waals surface area (Å²) in [5, 5.41) is 9.32. The van der Waals surface area contributed by atoms with Gasteiger partial charge in [0.15, 0.2) is 4.77 Å². The molecule has 0 spiro atoms. The normalized spacial score (nSPS) is 10.4. The third kappa shape index (κ3) is 1.30. The van der Waals surface area contributed by atoms with E-state index < -0.39 is 0 Å². The summed E-state index contributed by atoms with van der Waals surface area (Å²) in [5.41, 5.74) is 0. The predicted molar refractivity (Wildman–Crippen MR) is 46.3 cm³/mol. The van der Waals surface area contributed by atoms with Gasteiger partial charge in [0.2, 0.25) is 5.88 Å². The third-order valence-corrected chi connectivity index (χ3v) is 2.14. The predicted octanol–water partition coefficient (Wildman–Crippen LogP) is 1.76. The van der Waals surface area contributed by atoms with Crippen molar-refractivity contribution in [3.8, 4) is 5.88 Å². The monoisotopic (exact) mass is 172 g/mol. The minimum atomic E-state index is 0.249. The molecular weight excluding hydrogens is 160 g/mol. The Bertz CT molecular complexity index is 300. The zero-order valence-corrected chi connectivity index (χ0v) is 7.56. The average Bonchev–Trinajstić information content (AvgIpc) is 2.26. The first-order valence-electron chi connectivity index (χ1n) is 3.69. The molecule has 0 atom stereocenters. The number of hydrogen-bond acceptors (Lipinski definition) is 2. The molecule has 0 bridgehead atoms. The SMILES string of the molecule is CCn1cc(O)n(CC)c1=S. The van der Waals surface area contributed by atoms with Gasteiger partial charge in [-0.1, -0.05) is 0 Å². The topological polar surface area (TPSA) is 30.1 Å². The second kappa shape index (κ2) is 3.09. The molecule has 3 nitrogen and oxygen atoms in total. The molecule has 0 saturated heterocycles. The molecule has 1 aromatic heterocycles. The molecule has 0 aliphatic rings. The fourth-order valence-corrected chi connectivity index (χ4v) is 1.45. The van der Waals surface area contributed by atoms with E-state index in [2.05, 4.69) is 0 Å². The summed E-state index contributed by atoms with van der Waals surface area (Å²) in [6.45, 7) is 5.47. The molecule has 4 heteroatoms. The van der Waals surface area contributed by atoms with Crippen LogP contribution in [0.2, 0.25) is 0 Å². The van der Waals surface area contributed by atoms with Gasteiger partial charge in [0.1, 0.15) is 0 Å². The van der Waals surface area contributed by atoms with E-state index in [1.807, 2.05) is 18.4 Å². The van der Waals surface area contributed by atoms with Crippen LogP contribution in [0.5, 0.6) is 5.88 Å². The number of aryl methyl sites for hydroxylation is 1. The number of hydrogen-bond donors (Lipinski definition) is 1. The van der Waals surface area contributed by atoms with Crippen LogP contribution in [-0.2, 0) is 13.1 Å². The summed E-state index contributed by atoms with van der Waals surface area (Å²) in [7, 11) is 0. The number of imidazole rings is 1. The molecule has 1 heterocycles. The van der Waals surface area contributed by atoms with Crippen LogP contribution in [0.15, 0.2) is 6.20 Å². The molecule has 62 valence electrons. The van der Waals surface area contributed by atoms with Crippen molar-refractivity contribution < 1.29 is 5.11 Å². The van der Waals surface area contributed by atoms with Crippen molar-refractivity contribution in [1.82, 2.24) is 9.13 Å². The van der Waals surface area contributed by atoms with E-state index in [0.717, 1.165) is 13.1 Å². The van der Waals surface area contributed by atoms with Gasteiger partial charge in [-0.15, -0.1) is 0 Å². The minimum Gasteiger partial charge on any atom is -0.493 e. The van der Waals surface area contributed by atoms with Gasteiger partial charge < -0.3 is 9.67 Å². The summed E-state index contributed by atoms with van der Waals surface area (Å²) >= 11 is 5.08. The minimum absolute atomic E-state index is 0.249. The first kappa shape index (κ1) is 8.33. The summed E-state index contributed by atoms with van der Waals surface area (Å²) in [4.78, 5) is 0. The van der Waals surface area contributed by atoms with Crippen LogP contribution in [-0.4, -0.2) is 14.2 Å². The van der Waals surface area contributed by atoms with E-state index in [1.54, 1.807) is 10.8 Å². The molecule has 0 fully saturated rings. The van der Waals surface area contributed by atoms with E-state index in [0.29, 0.717) is 4.77 Å². The maximum atomic E-state index is 9.32. The Morgan fingerprint density at radius 2 is 2.09 bits per heavy atom. The van der Waals surface area contributed by atoms with Crippen LogP contribution in [0.4, 0.5) is 0 Å². The molecule has 1 aromatic rings. The van der Waals surface area contributed by atoms with E-state index in [1.165, 1.54) is 0 Å². The number of rotatable bonds is 2. The van der Waals surface area contributed by atoms with Crippen LogP contribution < -0.4 is 0 Å². The molecule has 0 aromatic carbocycles. The Balaban J connectivity index is 3.25. The Kier molecular flexibility index (Phi) is 2.34. The largest absolute Gasteiger partial charge is 0.493 e. The summed E-state index contributed by atoms with van der Waals surface area (Å²) in [6, 6.07) is 0. The van der Waals surface area contributed by atoms with E-state index >= 15 is 0 Å². The van der Waals surface area contributed by atoms with Crippen LogP contribution >= 0.6 is 12.2 Å². The molecule has 0 saturated carbocycles. The highest BCUT2D eigenvalue weighted by Crippen LogP contribution is 2.11. The molecule has 0 unspecified atom stereocenters. The maximum Gasteiger partial charge on any atom is 0.210 e. The van der Waals surface area contributed by atoms with Gasteiger partial charge in [-0.25, -0.2) is 0 Å². The summed E-state index contributed by atoms with van der Waals surface area (Å²) in [6.07, 6.45) is 1.66. The van der Waals surface area contributed by atoms with Gasteiger partial charge >= 0.3 is 0 Å². The first-order chi connectivity index (χ1) is 5.20. The molecule has 0 aliphatic carbocycles. The van der Waals surface area contributed by atoms with Gasteiger partial charge in [0.05, 0.1) is 6.20 Å². The van der Waals surface area contributed by atoms with Crippen molar-refractivity contribution >= 4 is 12.2 Å². The van der Waals surface area contributed by atoms with Crippen LogP contribution in [0.25, 0.3) is 0 Å².